The summed E-state index contributed by atoms with van der Waals surface area (Å²) in [5, 5.41) is 2.77. The molecule has 0 saturated heterocycles. The monoisotopic (exact) mass is 354 g/mol. The van der Waals surface area contributed by atoms with Gasteiger partial charge in [0, 0.05) is 30.1 Å². The van der Waals surface area contributed by atoms with Crippen molar-refractivity contribution in [3.8, 4) is 5.75 Å². The Morgan fingerprint density at radius 2 is 1.77 bits per heavy atom. The number of amides is 2. The van der Waals surface area contributed by atoms with Crippen molar-refractivity contribution in [1.82, 2.24) is 0 Å². The Bertz CT molecular complexity index is 813. The van der Waals surface area contributed by atoms with E-state index in [0.29, 0.717) is 17.1 Å². The topological polar surface area (TPSA) is 67.9 Å². The number of hydrogen-bond acceptors (Lipinski definition) is 4. The number of rotatable bonds is 5. The van der Waals surface area contributed by atoms with Gasteiger partial charge in [-0.25, -0.2) is 4.79 Å². The first kappa shape index (κ1) is 19.1. The molecule has 0 saturated carbocycles. The molecule has 0 bridgehead atoms. The third kappa shape index (κ3) is 4.86. The highest BCUT2D eigenvalue weighted by Crippen LogP contribution is 2.21. The third-order valence-electron chi connectivity index (χ3n) is 3.77. The highest BCUT2D eigenvalue weighted by Gasteiger charge is 2.10. The van der Waals surface area contributed by atoms with Crippen molar-refractivity contribution in [2.75, 3.05) is 31.5 Å². The summed E-state index contributed by atoms with van der Waals surface area (Å²) in [6.07, 6.45) is 2.70. The molecule has 0 aliphatic heterocycles. The van der Waals surface area contributed by atoms with E-state index in [4.69, 9.17) is 4.74 Å². The van der Waals surface area contributed by atoms with Crippen LogP contribution in [-0.4, -0.2) is 33.3 Å². The molecule has 0 aliphatic rings. The van der Waals surface area contributed by atoms with Crippen molar-refractivity contribution < 1.29 is 19.1 Å². The van der Waals surface area contributed by atoms with Crippen LogP contribution in [-0.2, 0) is 9.53 Å². The molecule has 6 nitrogen and oxygen atoms in total. The summed E-state index contributed by atoms with van der Waals surface area (Å²) in [6, 6.07) is 12.6. The molecule has 0 radical (unpaired) electrons. The molecule has 136 valence electrons. The number of benzene rings is 2. The van der Waals surface area contributed by atoms with Gasteiger partial charge in [0.2, 0.25) is 5.91 Å². The van der Waals surface area contributed by atoms with Crippen LogP contribution in [0.3, 0.4) is 0 Å². The average molecular weight is 354 g/mol. The molecule has 0 atom stereocenters. The molecule has 0 fully saturated rings. The van der Waals surface area contributed by atoms with E-state index < -0.39 is 6.09 Å². The maximum Gasteiger partial charge on any atom is 0.413 e. The van der Waals surface area contributed by atoms with Crippen LogP contribution in [0.2, 0.25) is 0 Å². The van der Waals surface area contributed by atoms with Crippen LogP contribution < -0.4 is 15.0 Å². The third-order valence-corrected chi connectivity index (χ3v) is 3.77. The summed E-state index contributed by atoms with van der Waals surface area (Å²) in [4.78, 5) is 25.0. The zero-order valence-corrected chi connectivity index (χ0v) is 15.3. The lowest BCUT2D eigenvalue weighted by Gasteiger charge is -2.15. The average Bonchev–Trinajstić information content (AvgIpc) is 2.66. The second-order valence-electron chi connectivity index (χ2n) is 5.64. The predicted octanol–water partition coefficient (Wildman–Crippen LogP) is 3.86. The fourth-order valence-electron chi connectivity index (χ4n) is 2.34. The zero-order valence-electron chi connectivity index (χ0n) is 15.3. The van der Waals surface area contributed by atoms with E-state index in [-0.39, 0.29) is 5.91 Å². The number of nitrogens with one attached hydrogen (secondary N) is 1. The Balaban J connectivity index is 2.04. The van der Waals surface area contributed by atoms with Crippen molar-refractivity contribution in [2.24, 2.45) is 0 Å². The molecule has 2 amide bonds. The fraction of sp³-hybridized carbons (Fsp3) is 0.200. The molecule has 2 aromatic rings. The van der Waals surface area contributed by atoms with Crippen LogP contribution in [0.4, 0.5) is 16.2 Å². The maximum absolute atomic E-state index is 12.1. The first-order chi connectivity index (χ1) is 12.4. The smallest absolute Gasteiger partial charge is 0.413 e. The van der Waals surface area contributed by atoms with Crippen molar-refractivity contribution in [2.45, 2.75) is 6.92 Å². The Kier molecular flexibility index (Phi) is 6.38. The van der Waals surface area contributed by atoms with Gasteiger partial charge in [0.25, 0.3) is 0 Å². The molecule has 0 unspecified atom stereocenters. The molecule has 0 spiro atoms. The fourth-order valence-corrected chi connectivity index (χ4v) is 2.34. The highest BCUT2D eigenvalue weighted by atomic mass is 16.5. The van der Waals surface area contributed by atoms with Gasteiger partial charge < -0.3 is 14.8 Å². The summed E-state index contributed by atoms with van der Waals surface area (Å²) in [7, 11) is 4.52. The lowest BCUT2D eigenvalue weighted by molar-refractivity contribution is -0.111. The molecule has 2 aromatic carbocycles. The lowest BCUT2D eigenvalue weighted by atomic mass is 10.1. The molecule has 0 aliphatic carbocycles. The molecule has 6 heteroatoms. The van der Waals surface area contributed by atoms with Crippen LogP contribution >= 0.6 is 0 Å². The Morgan fingerprint density at radius 1 is 1.08 bits per heavy atom. The van der Waals surface area contributed by atoms with E-state index >= 15 is 0 Å². The van der Waals surface area contributed by atoms with Gasteiger partial charge in [-0.2, -0.15) is 0 Å². The minimum absolute atomic E-state index is 0.261. The first-order valence-electron chi connectivity index (χ1n) is 8.00. The van der Waals surface area contributed by atoms with Crippen LogP contribution in [0.25, 0.3) is 6.08 Å². The van der Waals surface area contributed by atoms with E-state index in [9.17, 15) is 9.59 Å². The second-order valence-corrected chi connectivity index (χ2v) is 5.64. The number of methoxy groups -OCH3 is 2. The van der Waals surface area contributed by atoms with Gasteiger partial charge in [-0.05, 0) is 49.4 Å². The molecular weight excluding hydrogens is 332 g/mol. The molecule has 0 aromatic heterocycles. The maximum atomic E-state index is 12.1. The highest BCUT2D eigenvalue weighted by molar-refractivity contribution is 6.02. The van der Waals surface area contributed by atoms with Crippen LogP contribution in [0, 0.1) is 6.92 Å². The summed E-state index contributed by atoms with van der Waals surface area (Å²) in [5.41, 5.74) is 3.20. The number of anilines is 2. The van der Waals surface area contributed by atoms with Gasteiger partial charge in [-0.3, -0.25) is 9.69 Å². The van der Waals surface area contributed by atoms with Gasteiger partial charge in [0.1, 0.15) is 5.75 Å². The number of nitrogens with zero attached hydrogens (tertiary/aromatic N) is 1. The Labute approximate surface area is 153 Å². The quantitative estimate of drug-likeness (QED) is 0.828. The second kappa shape index (κ2) is 8.71. The first-order valence-corrected chi connectivity index (χ1v) is 8.00. The van der Waals surface area contributed by atoms with Gasteiger partial charge in [-0.15, -0.1) is 0 Å². The van der Waals surface area contributed by atoms with Crippen molar-refractivity contribution in [3.63, 3.8) is 0 Å². The lowest BCUT2D eigenvalue weighted by Crippen LogP contribution is -2.25. The van der Waals surface area contributed by atoms with Crippen LogP contribution in [0.5, 0.6) is 5.75 Å². The number of carbonyl (C=O) groups excluding carboxylic acids is 2. The van der Waals surface area contributed by atoms with Gasteiger partial charge >= 0.3 is 6.09 Å². The summed E-state index contributed by atoms with van der Waals surface area (Å²) in [6.45, 7) is 1.98. The van der Waals surface area contributed by atoms with E-state index in [2.05, 4.69) is 10.1 Å². The van der Waals surface area contributed by atoms with Gasteiger partial charge in [-0.1, -0.05) is 11.6 Å². The molecular formula is C20H22N2O4. The minimum Gasteiger partial charge on any atom is -0.496 e. The minimum atomic E-state index is -0.461. The standard InChI is InChI=1S/C20H22N2O4/c1-14-5-11-18(25-3)15(13-14)6-12-19(23)21-16-7-9-17(10-8-16)22(2)20(24)26-4/h5-13H,1-4H3,(H,21,23)/b12-6+. The van der Waals surface area contributed by atoms with Crippen molar-refractivity contribution in [3.05, 3.63) is 59.7 Å². The summed E-state index contributed by atoms with van der Waals surface area (Å²) >= 11 is 0. The molecule has 0 heterocycles. The van der Waals surface area contributed by atoms with Crippen molar-refractivity contribution in [1.29, 1.82) is 0 Å². The Morgan fingerprint density at radius 3 is 2.38 bits per heavy atom. The van der Waals surface area contributed by atoms with E-state index in [0.717, 1.165) is 11.1 Å². The predicted molar refractivity (Wildman–Crippen MR) is 103 cm³/mol. The summed E-state index contributed by atoms with van der Waals surface area (Å²) in [5.74, 6) is 0.442. The van der Waals surface area contributed by atoms with E-state index in [1.54, 1.807) is 44.5 Å². The zero-order chi connectivity index (χ0) is 19.1. The SMILES string of the molecule is COC(=O)N(C)c1ccc(NC(=O)/C=C/c2cc(C)ccc2OC)cc1. The largest absolute Gasteiger partial charge is 0.496 e. The number of ether oxygens (including phenoxy) is 2. The van der Waals surface area contributed by atoms with Gasteiger partial charge in [0.15, 0.2) is 0 Å². The molecule has 2 rings (SSSR count). The molecule has 26 heavy (non-hydrogen) atoms. The molecule has 1 N–H and O–H groups in total. The van der Waals surface area contributed by atoms with Crippen LogP contribution in [0.1, 0.15) is 11.1 Å². The van der Waals surface area contributed by atoms with Gasteiger partial charge in [0.05, 0.1) is 14.2 Å². The number of aryl methyl sites for hydroxylation is 1. The van der Waals surface area contributed by atoms with E-state index in [1.807, 2.05) is 25.1 Å². The van der Waals surface area contributed by atoms with Crippen molar-refractivity contribution >= 4 is 29.5 Å². The summed E-state index contributed by atoms with van der Waals surface area (Å²) < 4.78 is 9.95. The van der Waals surface area contributed by atoms with Crippen LogP contribution in [0.15, 0.2) is 48.5 Å². The van der Waals surface area contributed by atoms with E-state index in [1.165, 1.54) is 18.1 Å². The number of hydrogen-bond donors (Lipinski definition) is 1. The Hall–Kier alpha value is -3.28. The normalized spacial score (nSPS) is 10.5. The number of carbonyl (C=O) groups is 2.